The van der Waals surface area contributed by atoms with Crippen molar-refractivity contribution in [3.63, 3.8) is 0 Å². The van der Waals surface area contributed by atoms with E-state index in [1.807, 2.05) is 6.07 Å². The number of halogens is 1. The third kappa shape index (κ3) is 8.18. The lowest BCUT2D eigenvalue weighted by molar-refractivity contribution is 0.345. The topological polar surface area (TPSA) is 65.7 Å². The fraction of sp³-hybridized carbons (Fsp3) is 0.524. The van der Waals surface area contributed by atoms with Crippen LogP contribution < -0.4 is 10.6 Å². The molecular weight excluding hydrogens is 465 g/mol. The zero-order valence-electron chi connectivity index (χ0n) is 17.7. The molecule has 0 fully saturated rings. The van der Waals surface area contributed by atoms with Crippen LogP contribution in [0, 0.1) is 0 Å². The third-order valence-corrected chi connectivity index (χ3v) is 4.35. The molecule has 7 heteroatoms. The van der Waals surface area contributed by atoms with Gasteiger partial charge in [-0.1, -0.05) is 50.2 Å². The van der Waals surface area contributed by atoms with Gasteiger partial charge in [-0.15, -0.1) is 24.0 Å². The lowest BCUT2D eigenvalue weighted by Gasteiger charge is -2.14. The number of benzene rings is 1. The zero-order valence-corrected chi connectivity index (χ0v) is 20.0. The summed E-state index contributed by atoms with van der Waals surface area (Å²) in [7, 11) is 2.13. The fourth-order valence-corrected chi connectivity index (χ4v) is 2.62. The lowest BCUT2D eigenvalue weighted by atomic mass is 10.1. The van der Waals surface area contributed by atoms with E-state index in [9.17, 15) is 0 Å². The Kier molecular flexibility index (Phi) is 11.1. The molecule has 0 saturated heterocycles. The second-order valence-electron chi connectivity index (χ2n) is 7.07. The molecule has 0 bridgehead atoms. The molecule has 0 radical (unpaired) electrons. The molecule has 2 rings (SSSR count). The van der Waals surface area contributed by atoms with Gasteiger partial charge in [0.05, 0.1) is 18.8 Å². The van der Waals surface area contributed by atoms with E-state index in [0.29, 0.717) is 19.0 Å². The molecule has 28 heavy (non-hydrogen) atoms. The first-order valence-electron chi connectivity index (χ1n) is 9.75. The smallest absolute Gasteiger partial charge is 0.191 e. The highest BCUT2D eigenvalue weighted by Crippen LogP contribution is 2.13. The van der Waals surface area contributed by atoms with Crippen molar-refractivity contribution in [2.45, 2.75) is 53.2 Å². The Morgan fingerprint density at radius 1 is 1.18 bits per heavy atom. The summed E-state index contributed by atoms with van der Waals surface area (Å²) in [6.07, 6.45) is 0. The van der Waals surface area contributed by atoms with Crippen LogP contribution in [0.15, 0.2) is 39.8 Å². The summed E-state index contributed by atoms with van der Waals surface area (Å²) in [4.78, 5) is 6.99. The van der Waals surface area contributed by atoms with Crippen LogP contribution in [0.1, 0.15) is 56.2 Å². The molecule has 2 N–H and O–H groups in total. The van der Waals surface area contributed by atoms with Crippen molar-refractivity contribution in [2.24, 2.45) is 4.99 Å². The van der Waals surface area contributed by atoms with Crippen LogP contribution in [0.4, 0.5) is 0 Å². The molecule has 0 amide bonds. The number of hydrogen-bond acceptors (Lipinski definition) is 4. The molecular formula is C21H34IN5O. The van der Waals surface area contributed by atoms with E-state index in [2.05, 4.69) is 79.7 Å². The Bertz CT molecular complexity index is 729. The van der Waals surface area contributed by atoms with E-state index in [-0.39, 0.29) is 24.0 Å². The summed E-state index contributed by atoms with van der Waals surface area (Å²) in [5, 5.41) is 10.7. The zero-order chi connectivity index (χ0) is 19.6. The minimum absolute atomic E-state index is 0. The summed E-state index contributed by atoms with van der Waals surface area (Å²) in [5.74, 6) is 1.95. The van der Waals surface area contributed by atoms with Crippen LogP contribution in [-0.4, -0.2) is 36.2 Å². The fourth-order valence-electron chi connectivity index (χ4n) is 2.62. The van der Waals surface area contributed by atoms with Crippen LogP contribution >= 0.6 is 24.0 Å². The van der Waals surface area contributed by atoms with Gasteiger partial charge in [-0.2, -0.15) is 0 Å². The van der Waals surface area contributed by atoms with Gasteiger partial charge in [0.25, 0.3) is 0 Å². The van der Waals surface area contributed by atoms with E-state index >= 15 is 0 Å². The number of guanidine groups is 1. The highest BCUT2D eigenvalue weighted by molar-refractivity contribution is 14.0. The molecule has 1 heterocycles. The van der Waals surface area contributed by atoms with Gasteiger partial charge in [-0.05, 0) is 37.6 Å². The predicted octanol–water partition coefficient (Wildman–Crippen LogP) is 4.12. The average molecular weight is 499 g/mol. The molecule has 2 aromatic rings. The Morgan fingerprint density at radius 3 is 2.57 bits per heavy atom. The number of hydrogen-bond donors (Lipinski definition) is 2. The monoisotopic (exact) mass is 499 g/mol. The van der Waals surface area contributed by atoms with Crippen LogP contribution in [0.3, 0.4) is 0 Å². The van der Waals surface area contributed by atoms with Crippen molar-refractivity contribution < 1.29 is 4.52 Å². The van der Waals surface area contributed by atoms with E-state index in [1.54, 1.807) is 0 Å². The summed E-state index contributed by atoms with van der Waals surface area (Å²) >= 11 is 0. The first-order chi connectivity index (χ1) is 13.0. The minimum atomic E-state index is 0. The van der Waals surface area contributed by atoms with Gasteiger partial charge in [0.15, 0.2) is 11.7 Å². The second-order valence-corrected chi connectivity index (χ2v) is 7.07. The lowest BCUT2D eigenvalue weighted by Crippen LogP contribution is -2.36. The molecule has 0 aliphatic heterocycles. The summed E-state index contributed by atoms with van der Waals surface area (Å²) in [6.45, 7) is 12.4. The van der Waals surface area contributed by atoms with Crippen LogP contribution in [0.25, 0.3) is 0 Å². The standard InChI is InChI=1S/C21H33N5O.HI/c1-6-22-21(24-14-19-12-20(16(3)4)25-27-19)23-13-17-9-8-10-18(11-17)15-26(5)7-2;/h8-12,16H,6-7,13-15H2,1-5H3,(H2,22,23,24);1H. The SMILES string of the molecule is CCNC(=NCc1cccc(CN(C)CC)c1)NCc1cc(C(C)C)no1.I. The number of nitrogens with one attached hydrogen (secondary N) is 2. The normalized spacial score (nSPS) is 11.6. The highest BCUT2D eigenvalue weighted by atomic mass is 127. The minimum Gasteiger partial charge on any atom is -0.359 e. The second kappa shape index (κ2) is 12.8. The third-order valence-electron chi connectivity index (χ3n) is 4.35. The van der Waals surface area contributed by atoms with E-state index in [0.717, 1.165) is 37.0 Å². The van der Waals surface area contributed by atoms with E-state index < -0.39 is 0 Å². The predicted molar refractivity (Wildman–Crippen MR) is 126 cm³/mol. The van der Waals surface area contributed by atoms with Gasteiger partial charge in [-0.3, -0.25) is 0 Å². The number of aliphatic imine (C=N–C) groups is 1. The average Bonchev–Trinajstić information content (AvgIpc) is 3.13. The molecule has 0 aliphatic rings. The summed E-state index contributed by atoms with van der Waals surface area (Å²) in [5.41, 5.74) is 3.49. The number of rotatable bonds is 9. The molecule has 0 saturated carbocycles. The Hall–Kier alpha value is -1.61. The maximum absolute atomic E-state index is 5.38. The van der Waals surface area contributed by atoms with Crippen molar-refractivity contribution in [2.75, 3.05) is 20.1 Å². The first-order valence-corrected chi connectivity index (χ1v) is 9.75. The van der Waals surface area contributed by atoms with E-state index in [1.165, 1.54) is 11.1 Å². The van der Waals surface area contributed by atoms with Gasteiger partial charge in [0.1, 0.15) is 0 Å². The first kappa shape index (κ1) is 24.4. The molecule has 0 spiro atoms. The maximum atomic E-state index is 5.38. The van der Waals surface area contributed by atoms with Gasteiger partial charge >= 0.3 is 0 Å². The van der Waals surface area contributed by atoms with Crippen LogP contribution in [0.2, 0.25) is 0 Å². The van der Waals surface area contributed by atoms with Gasteiger partial charge in [0.2, 0.25) is 0 Å². The maximum Gasteiger partial charge on any atom is 0.191 e. The van der Waals surface area contributed by atoms with Crippen molar-refractivity contribution in [3.05, 3.63) is 52.9 Å². The molecule has 1 aromatic heterocycles. The molecule has 156 valence electrons. The quantitative estimate of drug-likeness (QED) is 0.309. The number of nitrogens with zero attached hydrogens (tertiary/aromatic N) is 3. The molecule has 0 aliphatic carbocycles. The van der Waals surface area contributed by atoms with E-state index in [4.69, 9.17) is 9.52 Å². The number of aromatic nitrogens is 1. The Balaban J connectivity index is 0.00000392. The molecule has 1 aromatic carbocycles. The Labute approximate surface area is 186 Å². The van der Waals surface area contributed by atoms with Crippen molar-refractivity contribution in [3.8, 4) is 0 Å². The van der Waals surface area contributed by atoms with Crippen LogP contribution in [-0.2, 0) is 19.6 Å². The van der Waals surface area contributed by atoms with Crippen molar-refractivity contribution >= 4 is 29.9 Å². The van der Waals surface area contributed by atoms with Gasteiger partial charge in [0, 0.05) is 19.2 Å². The Morgan fingerprint density at radius 2 is 1.93 bits per heavy atom. The van der Waals surface area contributed by atoms with Crippen molar-refractivity contribution in [1.29, 1.82) is 0 Å². The van der Waals surface area contributed by atoms with Crippen molar-refractivity contribution in [1.82, 2.24) is 20.7 Å². The van der Waals surface area contributed by atoms with Gasteiger partial charge < -0.3 is 20.1 Å². The summed E-state index contributed by atoms with van der Waals surface area (Å²) < 4.78 is 5.38. The largest absolute Gasteiger partial charge is 0.359 e. The highest BCUT2D eigenvalue weighted by Gasteiger charge is 2.08. The summed E-state index contributed by atoms with van der Waals surface area (Å²) in [6, 6.07) is 10.6. The van der Waals surface area contributed by atoms with Gasteiger partial charge in [-0.25, -0.2) is 4.99 Å². The molecule has 0 atom stereocenters. The molecule has 0 unspecified atom stereocenters. The molecule has 6 nitrogen and oxygen atoms in total. The van der Waals surface area contributed by atoms with Crippen LogP contribution in [0.5, 0.6) is 0 Å².